The molecule has 0 spiro atoms. The van der Waals surface area contributed by atoms with Crippen LogP contribution in [0, 0.1) is 23.7 Å². The van der Waals surface area contributed by atoms with Gasteiger partial charge in [-0.1, -0.05) is 129 Å². The van der Waals surface area contributed by atoms with Crippen molar-refractivity contribution in [3.63, 3.8) is 0 Å². The van der Waals surface area contributed by atoms with Gasteiger partial charge in [0.05, 0.1) is 6.04 Å². The number of Topliss-reactive ketones (excluding diaryl/α,β-unsaturated/α-hetero) is 1. The average Bonchev–Trinajstić information content (AvgIpc) is 4.22. The minimum atomic E-state index is -1.20. The summed E-state index contributed by atoms with van der Waals surface area (Å²) in [7, 11) is 0. The molecule has 4 rings (SSSR count). The molecule has 0 aliphatic carbocycles. The molecule has 2 fully saturated rings. The smallest absolute Gasteiger partial charge is 0.246 e. The largest absolute Gasteiger partial charge is 0.351 e. The maximum absolute atomic E-state index is 14.8. The van der Waals surface area contributed by atoms with Crippen LogP contribution >= 0.6 is 0 Å². The number of nitrogens with two attached hydrogens (primary N) is 2. The summed E-state index contributed by atoms with van der Waals surface area (Å²) in [6, 6.07) is 8.29. The van der Waals surface area contributed by atoms with E-state index >= 15 is 0 Å². The van der Waals surface area contributed by atoms with Crippen LogP contribution in [0.4, 0.5) is 0 Å². The maximum Gasteiger partial charge on any atom is 0.246 e. The molecule has 2 aromatic rings. The highest BCUT2D eigenvalue weighted by molar-refractivity contribution is 5.99. The van der Waals surface area contributed by atoms with E-state index < -0.39 is 125 Å². The zero-order chi connectivity index (χ0) is 61.2. The van der Waals surface area contributed by atoms with Gasteiger partial charge in [-0.05, 0) is 113 Å². The number of rotatable bonds is 19. The maximum atomic E-state index is 14.8. The van der Waals surface area contributed by atoms with Crippen LogP contribution in [0.25, 0.3) is 0 Å². The number of unbranched alkanes of at least 4 members (excludes halogenated alkanes) is 1. The third-order valence-electron chi connectivity index (χ3n) is 15.3. The Morgan fingerprint density at radius 1 is 0.506 bits per heavy atom. The third kappa shape index (κ3) is 22.7. The van der Waals surface area contributed by atoms with Crippen molar-refractivity contribution in [2.24, 2.45) is 35.1 Å². The summed E-state index contributed by atoms with van der Waals surface area (Å²) in [4.78, 5) is 146. The monoisotopic (exact) mass is 1160 g/mol. The molecule has 0 saturated carbocycles. The lowest BCUT2D eigenvalue weighted by Crippen LogP contribution is -2.59. The molecule has 0 radical (unpaired) electrons. The van der Waals surface area contributed by atoms with Crippen LogP contribution in [0.15, 0.2) is 60.7 Å². The SMILES string of the molecule is CCCC[C@@H]1CC(=O)[C@@H](Cc2ccccc2)NC(=O)[C@H](CC(C)C)NC(=O)[C@H](CCCN)NC(=O)[C@H](CC)NC(=O)[C@@H]2CCCN2C(=O)[C@@H](Cc2ccccc2)NC(=O)C[C@H](CC(C)C)NC(=O)[C@H](CCCN)NC(=O)[C@H](C(C)C)NC1=O. The fraction of sp³-hybridized carbons (Fsp3) is 0.645. The first-order valence-electron chi connectivity index (χ1n) is 30.3. The van der Waals surface area contributed by atoms with Gasteiger partial charge in [0.15, 0.2) is 5.78 Å². The molecule has 2 aliphatic heterocycles. The molecule has 2 aliphatic rings. The van der Waals surface area contributed by atoms with Crippen molar-refractivity contribution in [1.82, 2.24) is 47.4 Å². The molecule has 0 bridgehead atoms. The van der Waals surface area contributed by atoms with Gasteiger partial charge in [-0.15, -0.1) is 0 Å². The van der Waals surface area contributed by atoms with E-state index in [4.69, 9.17) is 11.5 Å². The van der Waals surface area contributed by atoms with Crippen LogP contribution < -0.4 is 54.0 Å². The molecule has 21 heteroatoms. The number of benzene rings is 2. The van der Waals surface area contributed by atoms with Crippen LogP contribution in [-0.2, 0) is 60.8 Å². The standard InChI is InChI=1S/C62H97N11O10/c1-9-11-25-43-36-52(74)48(34-41-21-14-12-15-22-41)70-59(80)49(33-39(5)6)71-58(79)47(27-19-30-64)68-56(77)45(10-2)67-60(81)51-28-20-31-73(51)62(83)50(35-42-23-16-13-17-24-42)66-53(75)37-44(32-38(3)4)65-57(78)46(26-18-29-63)69-61(82)54(40(7)8)72-55(43)76/h12-17,21-24,38-40,43-51,54H,9-11,18-20,25-37,63-64H2,1-8H3,(H,65,78)(H,66,75)(H,67,81)(H,68,77)(H,69,82)(H,70,80)(H,71,79)(H,72,76)/t43-,44+,45+,46+,47+,48-,49+,50-,51+,54+/m1/s1. The predicted octanol–water partition coefficient (Wildman–Crippen LogP) is 3.15. The number of nitrogens with zero attached hydrogens (tertiary/aromatic N) is 1. The fourth-order valence-electron chi connectivity index (χ4n) is 10.7. The van der Waals surface area contributed by atoms with Crippen LogP contribution in [-0.4, -0.2) is 138 Å². The zero-order valence-electron chi connectivity index (χ0n) is 50.4. The number of amides is 9. The van der Waals surface area contributed by atoms with E-state index in [0.717, 1.165) is 11.1 Å². The minimum Gasteiger partial charge on any atom is -0.351 e. The first-order chi connectivity index (χ1) is 39.6. The third-order valence-corrected chi connectivity index (χ3v) is 15.3. The van der Waals surface area contributed by atoms with Crippen molar-refractivity contribution >= 4 is 58.9 Å². The van der Waals surface area contributed by atoms with E-state index in [1.165, 1.54) is 4.90 Å². The number of hydrogen-bond donors (Lipinski definition) is 10. The summed E-state index contributed by atoms with van der Waals surface area (Å²) in [5.74, 6) is -7.44. The Bertz CT molecular complexity index is 2440. The Kier molecular flexibility index (Phi) is 29.3. The Morgan fingerprint density at radius 2 is 1.01 bits per heavy atom. The molecule has 0 aromatic heterocycles. The van der Waals surface area contributed by atoms with Gasteiger partial charge in [0.2, 0.25) is 53.2 Å². The van der Waals surface area contributed by atoms with E-state index in [2.05, 4.69) is 42.5 Å². The van der Waals surface area contributed by atoms with Gasteiger partial charge >= 0.3 is 0 Å². The molecular formula is C62H97N11O10. The number of nitrogens with one attached hydrogen (secondary N) is 8. The molecule has 0 unspecified atom stereocenters. The number of hydrogen-bond acceptors (Lipinski definition) is 12. The summed E-state index contributed by atoms with van der Waals surface area (Å²) in [5.41, 5.74) is 13.3. The van der Waals surface area contributed by atoms with Crippen molar-refractivity contribution in [1.29, 1.82) is 0 Å². The lowest BCUT2D eigenvalue weighted by Gasteiger charge is -2.31. The number of carbonyl (C=O) groups excluding carboxylic acids is 10. The lowest BCUT2D eigenvalue weighted by atomic mass is 9.89. The van der Waals surface area contributed by atoms with E-state index in [1.54, 1.807) is 32.9 Å². The fourth-order valence-corrected chi connectivity index (χ4v) is 10.7. The highest BCUT2D eigenvalue weighted by atomic mass is 16.2. The molecule has 2 heterocycles. The second-order valence-corrected chi connectivity index (χ2v) is 23.7. The summed E-state index contributed by atoms with van der Waals surface area (Å²) in [6.07, 6.45) is 3.35. The van der Waals surface area contributed by atoms with E-state index in [-0.39, 0.29) is 95.7 Å². The summed E-state index contributed by atoms with van der Waals surface area (Å²) in [5, 5.41) is 23.0. The second kappa shape index (κ2) is 35.4. The van der Waals surface area contributed by atoms with Gasteiger partial charge < -0.3 is 58.9 Å². The van der Waals surface area contributed by atoms with Gasteiger partial charge in [0.1, 0.15) is 42.3 Å². The molecule has 12 N–H and O–H groups in total. The normalized spacial score (nSPS) is 25.8. The number of fused-ring (bicyclic) bond motifs is 1. The molecule has 2 aromatic carbocycles. The molecule has 21 nitrogen and oxygen atoms in total. The van der Waals surface area contributed by atoms with E-state index in [9.17, 15) is 47.9 Å². The summed E-state index contributed by atoms with van der Waals surface area (Å²) >= 11 is 0. The van der Waals surface area contributed by atoms with Gasteiger partial charge in [-0.25, -0.2) is 0 Å². The molecule has 2 saturated heterocycles. The lowest BCUT2D eigenvalue weighted by molar-refractivity contribution is -0.142. The quantitative estimate of drug-likeness (QED) is 0.0971. The predicted molar refractivity (Wildman–Crippen MR) is 318 cm³/mol. The van der Waals surface area contributed by atoms with Crippen molar-refractivity contribution < 1.29 is 47.9 Å². The van der Waals surface area contributed by atoms with Crippen molar-refractivity contribution in [2.45, 2.75) is 212 Å². The highest BCUT2D eigenvalue weighted by Crippen LogP contribution is 2.23. The van der Waals surface area contributed by atoms with Crippen molar-refractivity contribution in [3.05, 3.63) is 71.8 Å². The molecule has 9 amide bonds. The number of carbonyl (C=O) groups is 10. The van der Waals surface area contributed by atoms with Gasteiger partial charge in [0, 0.05) is 37.8 Å². The Morgan fingerprint density at radius 3 is 1.55 bits per heavy atom. The van der Waals surface area contributed by atoms with Gasteiger partial charge in [-0.2, -0.15) is 0 Å². The van der Waals surface area contributed by atoms with Gasteiger partial charge in [0.25, 0.3) is 0 Å². The second-order valence-electron chi connectivity index (χ2n) is 23.7. The first kappa shape index (κ1) is 68.8. The Balaban J connectivity index is 1.82. The zero-order valence-corrected chi connectivity index (χ0v) is 50.4. The highest BCUT2D eigenvalue weighted by Gasteiger charge is 2.41. The minimum absolute atomic E-state index is 0.00848. The summed E-state index contributed by atoms with van der Waals surface area (Å²) < 4.78 is 0. The Labute approximate surface area is 491 Å². The van der Waals surface area contributed by atoms with E-state index in [1.807, 2.05) is 83.1 Å². The van der Waals surface area contributed by atoms with Gasteiger partial charge in [-0.3, -0.25) is 47.9 Å². The first-order valence-corrected chi connectivity index (χ1v) is 30.3. The summed E-state index contributed by atoms with van der Waals surface area (Å²) in [6.45, 7) is 15.3. The average molecular weight is 1160 g/mol. The molecular weight excluding hydrogens is 1060 g/mol. The van der Waals surface area contributed by atoms with Crippen LogP contribution in [0.1, 0.15) is 156 Å². The van der Waals surface area contributed by atoms with Crippen molar-refractivity contribution in [3.8, 4) is 0 Å². The van der Waals surface area contributed by atoms with Crippen LogP contribution in [0.2, 0.25) is 0 Å². The van der Waals surface area contributed by atoms with Crippen molar-refractivity contribution in [2.75, 3.05) is 19.6 Å². The molecule has 83 heavy (non-hydrogen) atoms. The topological polar surface area (TPSA) is 322 Å². The Hall–Kier alpha value is -6.74. The molecule has 10 atom stereocenters. The molecule has 460 valence electrons. The van der Waals surface area contributed by atoms with Crippen LogP contribution in [0.3, 0.4) is 0 Å². The van der Waals surface area contributed by atoms with Crippen LogP contribution in [0.5, 0.6) is 0 Å². The van der Waals surface area contributed by atoms with E-state index in [0.29, 0.717) is 38.5 Å². The number of ketones is 1.